The molecule has 0 aromatic heterocycles. The summed E-state index contributed by atoms with van der Waals surface area (Å²) in [4.78, 5) is 27.8. The van der Waals surface area contributed by atoms with Gasteiger partial charge in [0, 0.05) is 11.3 Å². The summed E-state index contributed by atoms with van der Waals surface area (Å²) in [7, 11) is 1.55. The monoisotopic (exact) mass is 443 g/mol. The van der Waals surface area contributed by atoms with Crippen molar-refractivity contribution in [3.63, 3.8) is 0 Å². The van der Waals surface area contributed by atoms with Crippen LogP contribution in [0.15, 0.2) is 72.3 Å². The number of hydrogen-bond donors (Lipinski definition) is 2. The molecule has 1 aliphatic heterocycles. The van der Waals surface area contributed by atoms with E-state index in [0.29, 0.717) is 28.1 Å². The summed E-state index contributed by atoms with van der Waals surface area (Å²) < 4.78 is 5.24. The van der Waals surface area contributed by atoms with E-state index >= 15 is 0 Å². The smallest absolute Gasteiger partial charge is 0.300 e. The van der Waals surface area contributed by atoms with Crippen LogP contribution in [0.25, 0.3) is 5.76 Å². The summed E-state index contributed by atoms with van der Waals surface area (Å²) in [6.45, 7) is 3.83. The standard InChI is InChI=1S/C27H25NO5/c1-4-17-5-9-19(10-6-17)28-24(18-7-11-20(29)12-8-18)23(26(31)27(28)32)25(30)22-14-13-21(33-3)15-16(22)2/h5-15,24,29-30H,4H2,1-3H3/b25-23-. The van der Waals surface area contributed by atoms with Crippen LogP contribution in [-0.2, 0) is 16.0 Å². The molecule has 1 unspecified atom stereocenters. The minimum Gasteiger partial charge on any atom is -0.508 e. The van der Waals surface area contributed by atoms with E-state index in [1.165, 1.54) is 17.0 Å². The van der Waals surface area contributed by atoms with Gasteiger partial charge in [0.1, 0.15) is 17.3 Å². The van der Waals surface area contributed by atoms with Crippen LogP contribution < -0.4 is 9.64 Å². The van der Waals surface area contributed by atoms with E-state index in [0.717, 1.165) is 12.0 Å². The predicted molar refractivity (Wildman–Crippen MR) is 126 cm³/mol. The molecule has 1 atom stereocenters. The minimum atomic E-state index is -0.848. The van der Waals surface area contributed by atoms with Gasteiger partial charge < -0.3 is 14.9 Å². The van der Waals surface area contributed by atoms with Gasteiger partial charge in [0.2, 0.25) is 0 Å². The third-order valence-corrected chi connectivity index (χ3v) is 5.96. The maximum Gasteiger partial charge on any atom is 0.300 e. The topological polar surface area (TPSA) is 87.1 Å². The lowest BCUT2D eigenvalue weighted by atomic mass is 9.93. The van der Waals surface area contributed by atoms with E-state index in [-0.39, 0.29) is 17.1 Å². The quantitative estimate of drug-likeness (QED) is 0.333. The molecule has 1 amide bonds. The second kappa shape index (κ2) is 8.82. The van der Waals surface area contributed by atoms with Gasteiger partial charge in [0.05, 0.1) is 18.7 Å². The number of phenolic OH excluding ortho intramolecular Hbond substituents is 1. The lowest BCUT2D eigenvalue weighted by Gasteiger charge is -2.25. The van der Waals surface area contributed by atoms with E-state index in [4.69, 9.17) is 4.74 Å². The number of rotatable bonds is 5. The number of phenols is 1. The first kappa shape index (κ1) is 22.1. The summed E-state index contributed by atoms with van der Waals surface area (Å²) in [5, 5.41) is 21.0. The number of aliphatic hydroxyl groups excluding tert-OH is 1. The number of hydrogen-bond acceptors (Lipinski definition) is 5. The van der Waals surface area contributed by atoms with Crippen LogP contribution in [0, 0.1) is 6.92 Å². The molecule has 4 rings (SSSR count). The van der Waals surface area contributed by atoms with Gasteiger partial charge in [-0.15, -0.1) is 0 Å². The highest BCUT2D eigenvalue weighted by atomic mass is 16.5. The van der Waals surface area contributed by atoms with Gasteiger partial charge in [-0.25, -0.2) is 0 Å². The summed E-state index contributed by atoms with van der Waals surface area (Å²) in [5.74, 6) is -1.05. The number of nitrogens with zero attached hydrogens (tertiary/aromatic N) is 1. The van der Waals surface area contributed by atoms with Gasteiger partial charge in [-0.1, -0.05) is 31.2 Å². The zero-order valence-electron chi connectivity index (χ0n) is 18.7. The largest absolute Gasteiger partial charge is 0.508 e. The zero-order chi connectivity index (χ0) is 23.7. The highest BCUT2D eigenvalue weighted by molar-refractivity contribution is 6.51. The van der Waals surface area contributed by atoms with Crippen LogP contribution in [-0.4, -0.2) is 29.0 Å². The van der Waals surface area contributed by atoms with E-state index in [9.17, 15) is 19.8 Å². The molecule has 6 nitrogen and oxygen atoms in total. The highest BCUT2D eigenvalue weighted by Crippen LogP contribution is 2.43. The number of benzene rings is 3. The van der Waals surface area contributed by atoms with E-state index < -0.39 is 17.7 Å². The van der Waals surface area contributed by atoms with E-state index in [1.54, 1.807) is 56.5 Å². The lowest BCUT2D eigenvalue weighted by Crippen LogP contribution is -2.29. The van der Waals surface area contributed by atoms with Gasteiger partial charge >= 0.3 is 0 Å². The Bertz CT molecular complexity index is 1240. The molecule has 0 saturated carbocycles. The molecule has 3 aromatic carbocycles. The van der Waals surface area contributed by atoms with Gasteiger partial charge in [0.15, 0.2) is 0 Å². The van der Waals surface area contributed by atoms with Crippen molar-refractivity contribution >= 4 is 23.1 Å². The molecule has 1 aliphatic rings. The maximum absolute atomic E-state index is 13.2. The molecule has 168 valence electrons. The molecule has 1 fully saturated rings. The number of Topliss-reactive ketones (excluding diaryl/α,β-unsaturated/α-hetero) is 1. The number of ether oxygens (including phenoxy) is 1. The molecular weight excluding hydrogens is 418 g/mol. The summed E-state index contributed by atoms with van der Waals surface area (Å²) in [5.41, 5.74) is 3.40. The Hall–Kier alpha value is -4.06. The average Bonchev–Trinajstić information content (AvgIpc) is 3.09. The fourth-order valence-corrected chi connectivity index (χ4v) is 4.14. The van der Waals surface area contributed by atoms with Gasteiger partial charge in [-0.3, -0.25) is 14.5 Å². The van der Waals surface area contributed by atoms with Crippen molar-refractivity contribution in [1.82, 2.24) is 0 Å². The Labute approximate surface area is 192 Å². The van der Waals surface area contributed by atoms with Gasteiger partial charge in [-0.2, -0.15) is 0 Å². The zero-order valence-corrected chi connectivity index (χ0v) is 18.7. The van der Waals surface area contributed by atoms with Crippen LogP contribution in [0.1, 0.15) is 35.2 Å². The molecule has 0 bridgehead atoms. The third-order valence-electron chi connectivity index (χ3n) is 5.96. The SMILES string of the molecule is CCc1ccc(N2C(=O)C(=O)/C(=C(\O)c3ccc(OC)cc3C)C2c2ccc(O)cc2)cc1. The van der Waals surface area contributed by atoms with Crippen molar-refractivity contribution in [2.75, 3.05) is 12.0 Å². The molecule has 33 heavy (non-hydrogen) atoms. The van der Waals surface area contributed by atoms with Crippen LogP contribution in [0.5, 0.6) is 11.5 Å². The van der Waals surface area contributed by atoms with Crippen LogP contribution in [0.2, 0.25) is 0 Å². The molecule has 1 saturated heterocycles. The van der Waals surface area contributed by atoms with Crippen molar-refractivity contribution in [2.24, 2.45) is 0 Å². The second-order valence-electron chi connectivity index (χ2n) is 7.96. The lowest BCUT2D eigenvalue weighted by molar-refractivity contribution is -0.132. The van der Waals surface area contributed by atoms with Crippen molar-refractivity contribution in [2.45, 2.75) is 26.3 Å². The summed E-state index contributed by atoms with van der Waals surface area (Å²) >= 11 is 0. The van der Waals surface area contributed by atoms with Crippen LogP contribution >= 0.6 is 0 Å². The number of aryl methyl sites for hydroxylation is 2. The van der Waals surface area contributed by atoms with Crippen molar-refractivity contribution in [3.05, 3.63) is 94.6 Å². The number of anilines is 1. The first-order valence-corrected chi connectivity index (χ1v) is 10.7. The average molecular weight is 443 g/mol. The Balaban J connectivity index is 1.92. The molecule has 0 aliphatic carbocycles. The van der Waals surface area contributed by atoms with E-state index in [1.807, 2.05) is 19.1 Å². The molecule has 0 spiro atoms. The fraction of sp³-hybridized carbons (Fsp3) is 0.185. The number of ketones is 1. The number of aromatic hydroxyl groups is 1. The fourth-order valence-electron chi connectivity index (χ4n) is 4.14. The molecule has 1 heterocycles. The Morgan fingerprint density at radius 2 is 1.67 bits per heavy atom. The number of carbonyl (C=O) groups is 2. The highest BCUT2D eigenvalue weighted by Gasteiger charge is 2.47. The minimum absolute atomic E-state index is 0.00137. The third kappa shape index (κ3) is 3.96. The number of amides is 1. The van der Waals surface area contributed by atoms with Crippen molar-refractivity contribution in [3.8, 4) is 11.5 Å². The maximum atomic E-state index is 13.2. The normalized spacial score (nSPS) is 17.4. The number of methoxy groups -OCH3 is 1. The second-order valence-corrected chi connectivity index (χ2v) is 7.96. The van der Waals surface area contributed by atoms with E-state index in [2.05, 4.69) is 0 Å². The number of carbonyl (C=O) groups excluding carboxylic acids is 2. The molecular formula is C27H25NO5. The Morgan fingerprint density at radius 1 is 1.00 bits per heavy atom. The van der Waals surface area contributed by atoms with Gasteiger partial charge in [0.25, 0.3) is 11.7 Å². The van der Waals surface area contributed by atoms with Gasteiger partial charge in [-0.05, 0) is 72.5 Å². The van der Waals surface area contributed by atoms with Crippen LogP contribution in [0.3, 0.4) is 0 Å². The van der Waals surface area contributed by atoms with Crippen molar-refractivity contribution in [1.29, 1.82) is 0 Å². The molecule has 2 N–H and O–H groups in total. The number of aliphatic hydroxyl groups is 1. The first-order chi connectivity index (χ1) is 15.8. The summed E-state index contributed by atoms with van der Waals surface area (Å²) in [6.07, 6.45) is 0.844. The molecule has 0 radical (unpaired) electrons. The molecule has 3 aromatic rings. The molecule has 6 heteroatoms. The van der Waals surface area contributed by atoms with Crippen LogP contribution in [0.4, 0.5) is 5.69 Å². The predicted octanol–water partition coefficient (Wildman–Crippen LogP) is 4.90. The summed E-state index contributed by atoms with van der Waals surface area (Å²) in [6, 6.07) is 18.0. The van der Waals surface area contributed by atoms with Crippen molar-refractivity contribution < 1.29 is 24.5 Å². The Kier molecular flexibility index (Phi) is 5.92. The Morgan fingerprint density at radius 3 is 2.24 bits per heavy atom. The first-order valence-electron chi connectivity index (χ1n) is 10.7.